The highest BCUT2D eigenvalue weighted by atomic mass is 16.5. The molecule has 0 saturated heterocycles. The molecule has 144 valence electrons. The minimum Gasteiger partial charge on any atom is -0.493 e. The molecule has 6 heteroatoms. The second-order valence-electron chi connectivity index (χ2n) is 6.48. The van der Waals surface area contributed by atoms with Crippen molar-refractivity contribution in [2.75, 3.05) is 20.3 Å². The number of carbonyl (C=O) groups excluding carboxylic acids is 1. The van der Waals surface area contributed by atoms with Gasteiger partial charge in [-0.2, -0.15) is 5.26 Å². The van der Waals surface area contributed by atoms with Crippen LogP contribution in [0.2, 0.25) is 0 Å². The van der Waals surface area contributed by atoms with Gasteiger partial charge in [0, 0.05) is 18.7 Å². The van der Waals surface area contributed by atoms with Crippen molar-refractivity contribution in [3.05, 3.63) is 41.0 Å². The van der Waals surface area contributed by atoms with Crippen LogP contribution in [0.25, 0.3) is 6.08 Å². The zero-order chi connectivity index (χ0) is 19.8. The van der Waals surface area contributed by atoms with Gasteiger partial charge in [0.25, 0.3) is 5.91 Å². The van der Waals surface area contributed by atoms with Crippen molar-refractivity contribution in [3.8, 4) is 17.6 Å². The summed E-state index contributed by atoms with van der Waals surface area (Å²) in [7, 11) is 1.59. The van der Waals surface area contributed by atoms with Crippen LogP contribution in [0.1, 0.15) is 32.8 Å². The Morgan fingerprint density at radius 2 is 2.22 bits per heavy atom. The maximum Gasteiger partial charge on any atom is 0.261 e. The van der Waals surface area contributed by atoms with E-state index in [4.69, 9.17) is 14.2 Å². The van der Waals surface area contributed by atoms with E-state index < -0.39 is 5.91 Å². The number of carbonyl (C=O) groups is 1. The number of hydrogen-bond donors (Lipinski definition) is 1. The van der Waals surface area contributed by atoms with E-state index in [0.717, 1.165) is 11.1 Å². The normalized spacial score (nSPS) is 16.1. The van der Waals surface area contributed by atoms with Crippen molar-refractivity contribution in [1.29, 1.82) is 5.26 Å². The Kier molecular flexibility index (Phi) is 7.44. The van der Waals surface area contributed by atoms with Gasteiger partial charge in [-0.25, -0.2) is 0 Å². The molecule has 1 heterocycles. The van der Waals surface area contributed by atoms with Crippen LogP contribution in [-0.2, 0) is 9.53 Å². The molecular weight excluding hydrogens is 344 g/mol. The number of nitrogens with zero attached hydrogens (tertiary/aromatic N) is 1. The van der Waals surface area contributed by atoms with E-state index in [1.807, 2.05) is 51.1 Å². The SMILES string of the molecule is COc1cccc2c1OC(C)C(/C=C(/C#N)C(=O)NCCCOC(C)C)=C2. The zero-order valence-corrected chi connectivity index (χ0v) is 16.2. The molecule has 0 radical (unpaired) electrons. The van der Waals surface area contributed by atoms with Crippen molar-refractivity contribution in [2.24, 2.45) is 0 Å². The maximum atomic E-state index is 12.3. The summed E-state index contributed by atoms with van der Waals surface area (Å²) in [4.78, 5) is 12.3. The third-order valence-electron chi connectivity index (χ3n) is 4.05. The van der Waals surface area contributed by atoms with E-state index in [2.05, 4.69) is 5.32 Å². The maximum absolute atomic E-state index is 12.3. The first kappa shape index (κ1) is 20.5. The molecule has 1 atom stereocenters. The highest BCUT2D eigenvalue weighted by Gasteiger charge is 2.22. The Morgan fingerprint density at radius 1 is 1.44 bits per heavy atom. The second kappa shape index (κ2) is 9.79. The monoisotopic (exact) mass is 370 g/mol. The Balaban J connectivity index is 2.08. The second-order valence-corrected chi connectivity index (χ2v) is 6.48. The average molecular weight is 370 g/mol. The summed E-state index contributed by atoms with van der Waals surface area (Å²) in [6.45, 7) is 6.82. The van der Waals surface area contributed by atoms with Crippen molar-refractivity contribution >= 4 is 12.0 Å². The standard InChI is InChI=1S/C21H26N2O4/c1-14(2)26-10-6-9-23-21(24)18(13-22)12-17-11-16-7-5-8-19(25-4)20(16)27-15(17)3/h5,7-8,11-12,14-15H,6,9-10H2,1-4H3,(H,23,24)/b18-12-. The van der Waals surface area contributed by atoms with Gasteiger partial charge in [-0.05, 0) is 51.0 Å². The fourth-order valence-corrected chi connectivity index (χ4v) is 2.64. The van der Waals surface area contributed by atoms with E-state index in [-0.39, 0.29) is 17.8 Å². The number of fused-ring (bicyclic) bond motifs is 1. The first-order valence-electron chi connectivity index (χ1n) is 9.03. The summed E-state index contributed by atoms with van der Waals surface area (Å²) in [5.74, 6) is 0.921. The molecule has 1 unspecified atom stereocenters. The largest absolute Gasteiger partial charge is 0.493 e. The van der Waals surface area contributed by atoms with Crippen LogP contribution in [0, 0.1) is 11.3 Å². The Bertz CT molecular complexity index is 775. The summed E-state index contributed by atoms with van der Waals surface area (Å²) in [5, 5.41) is 12.1. The molecule has 0 fully saturated rings. The molecular formula is C21H26N2O4. The van der Waals surface area contributed by atoms with Crippen LogP contribution in [0.15, 0.2) is 35.4 Å². The summed E-state index contributed by atoms with van der Waals surface area (Å²) in [5.41, 5.74) is 1.65. The molecule has 6 nitrogen and oxygen atoms in total. The number of hydrogen-bond acceptors (Lipinski definition) is 5. The zero-order valence-electron chi connectivity index (χ0n) is 16.2. The van der Waals surface area contributed by atoms with Gasteiger partial charge < -0.3 is 19.5 Å². The highest BCUT2D eigenvalue weighted by molar-refractivity contribution is 5.98. The summed E-state index contributed by atoms with van der Waals surface area (Å²) in [6, 6.07) is 7.57. The highest BCUT2D eigenvalue weighted by Crippen LogP contribution is 2.38. The van der Waals surface area contributed by atoms with Crippen molar-refractivity contribution < 1.29 is 19.0 Å². The number of nitrogens with one attached hydrogen (secondary N) is 1. The third kappa shape index (κ3) is 5.60. The average Bonchev–Trinajstić information content (AvgIpc) is 2.65. The fraction of sp³-hybridized carbons (Fsp3) is 0.429. The number of methoxy groups -OCH3 is 1. The van der Waals surface area contributed by atoms with E-state index in [1.54, 1.807) is 13.2 Å². The van der Waals surface area contributed by atoms with E-state index in [0.29, 0.717) is 31.1 Å². The Hall–Kier alpha value is -2.78. The van der Waals surface area contributed by atoms with Gasteiger partial charge in [-0.1, -0.05) is 12.1 Å². The first-order chi connectivity index (χ1) is 13.0. The molecule has 1 aromatic rings. The molecule has 1 amide bonds. The van der Waals surface area contributed by atoms with Gasteiger partial charge in [-0.3, -0.25) is 4.79 Å². The molecule has 2 rings (SSSR count). The van der Waals surface area contributed by atoms with Crippen molar-refractivity contribution in [1.82, 2.24) is 5.32 Å². The molecule has 1 aliphatic heterocycles. The molecule has 1 N–H and O–H groups in total. The lowest BCUT2D eigenvalue weighted by Gasteiger charge is -2.24. The van der Waals surface area contributed by atoms with Crippen LogP contribution in [0.4, 0.5) is 0 Å². The van der Waals surface area contributed by atoms with E-state index >= 15 is 0 Å². The molecule has 27 heavy (non-hydrogen) atoms. The molecule has 0 spiro atoms. The predicted octanol–water partition coefficient (Wildman–Crippen LogP) is 3.24. The number of ether oxygens (including phenoxy) is 3. The lowest BCUT2D eigenvalue weighted by molar-refractivity contribution is -0.117. The summed E-state index contributed by atoms with van der Waals surface area (Å²) < 4.78 is 16.7. The van der Waals surface area contributed by atoms with E-state index in [1.165, 1.54) is 0 Å². The number of amides is 1. The molecule has 1 aromatic carbocycles. The quantitative estimate of drug-likeness (QED) is 0.432. The van der Waals surface area contributed by atoms with Gasteiger partial charge in [0.05, 0.1) is 13.2 Å². The number of rotatable bonds is 8. The molecule has 0 bridgehead atoms. The molecule has 0 aromatic heterocycles. The lowest BCUT2D eigenvalue weighted by atomic mass is 10.00. The third-order valence-corrected chi connectivity index (χ3v) is 4.05. The summed E-state index contributed by atoms with van der Waals surface area (Å²) in [6.07, 6.45) is 4.04. The van der Waals surface area contributed by atoms with Crippen LogP contribution in [-0.4, -0.2) is 38.4 Å². The smallest absolute Gasteiger partial charge is 0.261 e. The number of para-hydroxylation sites is 1. The topological polar surface area (TPSA) is 80.6 Å². The Labute approximate surface area is 160 Å². The minimum absolute atomic E-state index is 0.0489. The molecule has 0 aliphatic carbocycles. The first-order valence-corrected chi connectivity index (χ1v) is 9.03. The lowest BCUT2D eigenvalue weighted by Crippen LogP contribution is -2.27. The van der Waals surface area contributed by atoms with Crippen LogP contribution < -0.4 is 14.8 Å². The van der Waals surface area contributed by atoms with Gasteiger partial charge in [0.2, 0.25) is 0 Å². The van der Waals surface area contributed by atoms with E-state index in [9.17, 15) is 10.1 Å². The van der Waals surface area contributed by atoms with Crippen LogP contribution in [0.3, 0.4) is 0 Å². The van der Waals surface area contributed by atoms with Crippen LogP contribution in [0.5, 0.6) is 11.5 Å². The predicted molar refractivity (Wildman–Crippen MR) is 103 cm³/mol. The number of nitriles is 1. The van der Waals surface area contributed by atoms with Crippen molar-refractivity contribution in [3.63, 3.8) is 0 Å². The van der Waals surface area contributed by atoms with Gasteiger partial charge >= 0.3 is 0 Å². The minimum atomic E-state index is -0.397. The number of benzene rings is 1. The van der Waals surface area contributed by atoms with Gasteiger partial charge in [0.1, 0.15) is 17.7 Å². The Morgan fingerprint density at radius 3 is 2.89 bits per heavy atom. The fourth-order valence-electron chi connectivity index (χ4n) is 2.64. The molecule has 0 saturated carbocycles. The molecule has 1 aliphatic rings. The van der Waals surface area contributed by atoms with Crippen LogP contribution >= 0.6 is 0 Å². The van der Waals surface area contributed by atoms with Gasteiger partial charge in [0.15, 0.2) is 11.5 Å². The van der Waals surface area contributed by atoms with Gasteiger partial charge in [-0.15, -0.1) is 0 Å². The summed E-state index contributed by atoms with van der Waals surface area (Å²) >= 11 is 0. The van der Waals surface area contributed by atoms with Crippen molar-refractivity contribution in [2.45, 2.75) is 39.4 Å².